The third kappa shape index (κ3) is 29.0. The van der Waals surface area contributed by atoms with Crippen LogP contribution in [0.3, 0.4) is 0 Å². The number of cyclic esters (lactones) is 1. The van der Waals surface area contributed by atoms with Crippen LogP contribution in [-0.4, -0.2) is 255 Å². The first-order valence-corrected chi connectivity index (χ1v) is 36.5. The number of hydrogen-bond acceptors (Lipinski definition) is 22. The van der Waals surface area contributed by atoms with E-state index in [9.17, 15) is 92.3 Å². The zero-order valence-electron chi connectivity index (χ0n) is 63.0. The lowest BCUT2D eigenvalue weighted by molar-refractivity contribution is -0.162. The van der Waals surface area contributed by atoms with E-state index in [0.717, 1.165) is 9.80 Å². The number of fused-ring (bicyclic) bond motifs is 1. The van der Waals surface area contributed by atoms with Crippen LogP contribution in [0.1, 0.15) is 129 Å². The highest BCUT2D eigenvalue weighted by Gasteiger charge is 2.42. The van der Waals surface area contributed by atoms with Crippen LogP contribution in [0.5, 0.6) is 0 Å². The molecular formula is C72H109N17O21. The van der Waals surface area contributed by atoms with Crippen molar-refractivity contribution in [2.75, 3.05) is 46.9 Å². The first-order chi connectivity index (χ1) is 52.1. The van der Waals surface area contributed by atoms with E-state index >= 15 is 4.79 Å². The summed E-state index contributed by atoms with van der Waals surface area (Å²) in [5, 5.41) is 65.9. The van der Waals surface area contributed by atoms with Gasteiger partial charge in [-0.25, -0.2) is 4.79 Å². The molecular weight excluding hydrogens is 1440 g/mol. The van der Waals surface area contributed by atoms with Gasteiger partial charge in [-0.15, -0.1) is 0 Å². The Balaban J connectivity index is 1.91. The Hall–Kier alpha value is -10.7. The Morgan fingerprint density at radius 2 is 1.10 bits per heavy atom. The molecule has 0 radical (unpaired) electrons. The Morgan fingerprint density at radius 3 is 1.68 bits per heavy atom. The number of aliphatic carboxylic acids is 1. The lowest BCUT2D eigenvalue weighted by Gasteiger charge is -2.34. The molecule has 2 aromatic carbocycles. The number of unbranched alkanes of at least 4 members (excludes halogenated alkanes) is 2. The lowest BCUT2D eigenvalue weighted by atomic mass is 9.99. The number of aliphatic hydroxyl groups is 3. The van der Waals surface area contributed by atoms with Crippen LogP contribution < -0.4 is 76.1 Å². The second kappa shape index (κ2) is 46.0. The van der Waals surface area contributed by atoms with Gasteiger partial charge in [0.05, 0.1) is 32.6 Å². The Labute approximate surface area is 636 Å². The number of carboxylic acids is 1. The number of rotatable bonds is 26. The van der Waals surface area contributed by atoms with Crippen molar-refractivity contribution < 1.29 is 102 Å². The predicted molar refractivity (Wildman–Crippen MR) is 395 cm³/mol. The van der Waals surface area contributed by atoms with Crippen molar-refractivity contribution in [3.8, 4) is 0 Å². The summed E-state index contributed by atoms with van der Waals surface area (Å²) < 4.78 is 5.98. The summed E-state index contributed by atoms with van der Waals surface area (Å²) in [6, 6.07) is -4.42. The van der Waals surface area contributed by atoms with Crippen LogP contribution in [0.25, 0.3) is 10.9 Å². The minimum Gasteiger partial charge on any atom is -0.481 e. The first kappa shape index (κ1) is 91.7. The molecule has 38 heteroatoms. The molecule has 1 saturated heterocycles. The number of nitrogens with one attached hydrogen (secondary N) is 11. The van der Waals surface area contributed by atoms with Gasteiger partial charge in [-0.2, -0.15) is 0 Å². The number of benzene rings is 2. The number of primary amides is 2. The first-order valence-electron chi connectivity index (χ1n) is 36.5. The van der Waals surface area contributed by atoms with E-state index < -0.39 is 225 Å². The molecule has 1 aliphatic rings. The third-order valence-electron chi connectivity index (χ3n) is 18.2. The second-order valence-corrected chi connectivity index (χ2v) is 27.7. The molecule has 4 rings (SSSR count). The minimum atomic E-state index is -2.58. The van der Waals surface area contributed by atoms with Crippen LogP contribution in [0.4, 0.5) is 0 Å². The summed E-state index contributed by atoms with van der Waals surface area (Å²) in [7, 11) is 2.44. The molecule has 110 heavy (non-hydrogen) atoms. The van der Waals surface area contributed by atoms with E-state index in [1.165, 1.54) is 14.1 Å². The second-order valence-electron chi connectivity index (χ2n) is 27.7. The molecule has 0 aliphatic carbocycles. The quantitative estimate of drug-likeness (QED) is 0.0264. The molecule has 2 heterocycles. The van der Waals surface area contributed by atoms with Crippen LogP contribution in [0.2, 0.25) is 0 Å². The molecule has 0 bridgehead atoms. The molecule has 608 valence electrons. The molecule has 14 amide bonds. The van der Waals surface area contributed by atoms with Crippen molar-refractivity contribution in [3.05, 3.63) is 71.9 Å². The number of carbonyl (C=O) groups is 16. The zero-order chi connectivity index (χ0) is 82.1. The largest absolute Gasteiger partial charge is 0.481 e. The Morgan fingerprint density at radius 1 is 0.573 bits per heavy atom. The van der Waals surface area contributed by atoms with Crippen molar-refractivity contribution >= 4 is 106 Å². The number of para-hydroxylation sites is 1. The smallest absolute Gasteiger partial charge is 0.329 e. The maximum atomic E-state index is 15.0. The monoisotopic (exact) mass is 1550 g/mol. The standard InChI is InChI=1S/C72H109N17O21/c1-8-9-11-20-42-32-55(93)79-52(37-91)68(105)87-58(60(97)61(76)98)70(107)86-51(36-90)62(99)78-35-56(94)88(6)53(30-40-18-12-10-13-19-40)69(106)85-48(29-38(2)3)65(102)80-45(23-16-27-73)63(100)81-46(25-26-57(95)96)64(101)84-50(33-54(75)92)67(104)83-49(31-41-34-77-44-22-15-14-21-43(41)44)66(103)82-47(24-17-28-74)71(108)89(7)59(39(4)5)72(109)110-42/h10,12-15,18-19,21-22,34,38-39,42,45-53,58-60,77,90-91,97H,8-9,11,16-17,20,23-33,35-37,73-74H2,1-7H3,(H2,75,92)(H2,76,98)(H,78,99)(H,79,93)(H,80,102)(H,81,100)(H,82,103)(H,83,104)(H,84,101)(H,85,106)(H,86,107)(H,87,105)(H,95,96)/t42-,45+,46-,47+,48+,49-,50-,51+,52+,53-,58-,59+,60+/m0/s1. The minimum absolute atomic E-state index is 0.0196. The van der Waals surface area contributed by atoms with Gasteiger partial charge in [0.25, 0.3) is 0 Å². The highest BCUT2D eigenvalue weighted by molar-refractivity contribution is 6.01. The van der Waals surface area contributed by atoms with E-state index in [0.29, 0.717) is 41.3 Å². The van der Waals surface area contributed by atoms with Crippen molar-refractivity contribution in [3.63, 3.8) is 0 Å². The average molecular weight is 1550 g/mol. The van der Waals surface area contributed by atoms with Crippen LogP contribution in [0, 0.1) is 11.8 Å². The van der Waals surface area contributed by atoms with E-state index in [4.69, 9.17) is 27.7 Å². The number of amides is 14. The van der Waals surface area contributed by atoms with Crippen LogP contribution in [-0.2, 0) is 94.3 Å². The van der Waals surface area contributed by atoms with Gasteiger partial charge in [-0.1, -0.05) is 96.0 Å². The van der Waals surface area contributed by atoms with E-state index in [-0.39, 0.29) is 70.4 Å². The van der Waals surface area contributed by atoms with Gasteiger partial charge >= 0.3 is 11.9 Å². The average Bonchev–Trinajstić information content (AvgIpc) is 1.50. The maximum Gasteiger partial charge on any atom is 0.329 e. The lowest BCUT2D eigenvalue weighted by Crippen LogP contribution is -2.63. The molecule has 0 unspecified atom stereocenters. The number of aromatic amines is 1. The summed E-state index contributed by atoms with van der Waals surface area (Å²) in [5.74, 6) is -20.0. The Bertz CT molecular complexity index is 3670. The SMILES string of the molecule is CCCCC[C@H]1CC(=O)N[C@H](CO)C(=O)N[C@@H]([C@@H](O)C(N)=O)C(=O)N[C@H](CO)C(=O)NCC(=O)N(C)[C@@H](Cc2ccccc2)C(=O)N[C@H](CC(C)C)C(=O)N[C@H](CCCN)C(=O)N[C@@H](CCC(=O)O)C(=O)N[C@@H](CC(N)=O)C(=O)N[C@@H](Cc2c[nH]c3ccccc23)C(=O)N[C@H](CCCN)C(=O)N(C)[C@H](C(C)C)C(=O)O1. The number of ether oxygens (including phenoxy) is 1. The number of carbonyl (C=O) groups excluding carboxylic acids is 15. The van der Waals surface area contributed by atoms with Gasteiger partial charge in [-0.05, 0) is 93.5 Å². The number of nitrogens with two attached hydrogens (primary N) is 4. The van der Waals surface area contributed by atoms with Gasteiger partial charge in [-0.3, -0.25) is 71.9 Å². The van der Waals surface area contributed by atoms with Gasteiger partial charge in [0.1, 0.15) is 72.6 Å². The normalized spacial score (nSPS) is 24.3. The van der Waals surface area contributed by atoms with Crippen LogP contribution >= 0.6 is 0 Å². The van der Waals surface area contributed by atoms with Crippen molar-refractivity contribution in [2.45, 2.75) is 210 Å². The fourth-order valence-corrected chi connectivity index (χ4v) is 12.1. The van der Waals surface area contributed by atoms with Gasteiger partial charge in [0, 0.05) is 50.5 Å². The molecule has 3 aromatic rings. The fraction of sp³-hybridized carbons (Fsp3) is 0.583. The number of nitrogens with zero attached hydrogens (tertiary/aromatic N) is 2. The molecule has 0 spiro atoms. The zero-order valence-corrected chi connectivity index (χ0v) is 63.0. The number of esters is 1. The van der Waals surface area contributed by atoms with Crippen molar-refractivity contribution in [2.24, 2.45) is 34.8 Å². The number of likely N-dealkylation sites (N-methyl/N-ethyl adjacent to an activating group) is 2. The molecule has 13 atom stereocenters. The summed E-state index contributed by atoms with van der Waals surface area (Å²) in [6.07, 6.45) is -4.76. The topological polar surface area (TPSA) is 610 Å². The number of H-pyrrole nitrogens is 1. The van der Waals surface area contributed by atoms with Gasteiger partial charge < -0.3 is 116 Å². The molecule has 23 N–H and O–H groups in total. The highest BCUT2D eigenvalue weighted by atomic mass is 16.5. The summed E-state index contributed by atoms with van der Waals surface area (Å²) in [6.45, 7) is 4.96. The molecule has 1 aliphatic heterocycles. The van der Waals surface area contributed by atoms with Gasteiger partial charge in [0.2, 0.25) is 82.7 Å². The van der Waals surface area contributed by atoms with Crippen molar-refractivity contribution in [1.82, 2.24) is 68.0 Å². The summed E-state index contributed by atoms with van der Waals surface area (Å²) in [4.78, 5) is 230. The van der Waals surface area contributed by atoms with E-state index in [2.05, 4.69) is 47.5 Å². The molecule has 1 fully saturated rings. The summed E-state index contributed by atoms with van der Waals surface area (Å²) in [5.41, 5.74) is 24.4. The number of carboxylic acid groups (broad SMARTS) is 1. The predicted octanol–water partition coefficient (Wildman–Crippen LogP) is -5.27. The van der Waals surface area contributed by atoms with E-state index in [1.54, 1.807) is 88.5 Å². The van der Waals surface area contributed by atoms with Gasteiger partial charge in [0.15, 0.2) is 6.10 Å². The number of aromatic nitrogens is 1. The molecule has 38 nitrogen and oxygen atoms in total. The Kier molecular flexibility index (Phi) is 38.3. The third-order valence-corrected chi connectivity index (χ3v) is 18.2. The van der Waals surface area contributed by atoms with E-state index in [1.807, 2.05) is 17.6 Å². The number of aliphatic hydroxyl groups excluding tert-OH is 3. The molecule has 1 aromatic heterocycles. The molecule has 0 saturated carbocycles. The maximum absolute atomic E-state index is 15.0. The van der Waals surface area contributed by atoms with Crippen LogP contribution in [0.15, 0.2) is 60.8 Å². The fourth-order valence-electron chi connectivity index (χ4n) is 12.1. The summed E-state index contributed by atoms with van der Waals surface area (Å²) >= 11 is 0. The highest BCUT2D eigenvalue weighted by Crippen LogP contribution is 2.23. The number of hydrogen-bond donors (Lipinski definition) is 19. The van der Waals surface area contributed by atoms with Crippen molar-refractivity contribution in [1.29, 1.82) is 0 Å².